The normalized spacial score (nSPS) is 12.8. The molecule has 2 heterocycles. The van der Waals surface area contributed by atoms with E-state index in [1.54, 1.807) is 36.5 Å². The third-order valence-electron chi connectivity index (χ3n) is 2.88. The largest absolute Gasteiger partial charge is 0.486 e. The van der Waals surface area contributed by atoms with Crippen molar-refractivity contribution in [3.63, 3.8) is 0 Å². The van der Waals surface area contributed by atoms with E-state index >= 15 is 0 Å². The Kier molecular flexibility index (Phi) is 3.12. The summed E-state index contributed by atoms with van der Waals surface area (Å²) in [4.78, 5) is 16.3. The molecule has 0 aliphatic carbocycles. The predicted molar refractivity (Wildman–Crippen MR) is 74.0 cm³/mol. The van der Waals surface area contributed by atoms with Gasteiger partial charge in [-0.15, -0.1) is 0 Å². The first-order valence-corrected chi connectivity index (χ1v) is 6.16. The molecule has 0 spiro atoms. The van der Waals surface area contributed by atoms with E-state index in [9.17, 15) is 4.79 Å². The van der Waals surface area contributed by atoms with Crippen LogP contribution in [0.4, 0.5) is 11.5 Å². The highest BCUT2D eigenvalue weighted by molar-refractivity contribution is 6.07. The van der Waals surface area contributed by atoms with Crippen LogP contribution in [0.2, 0.25) is 0 Å². The molecule has 0 saturated carbocycles. The maximum atomic E-state index is 12.3. The topological polar surface area (TPSA) is 86.5 Å². The minimum Gasteiger partial charge on any atom is -0.486 e. The van der Waals surface area contributed by atoms with Gasteiger partial charge < -0.3 is 20.5 Å². The predicted octanol–water partition coefficient (Wildman–Crippen LogP) is 1.69. The number of anilines is 2. The van der Waals surface area contributed by atoms with Crippen LogP contribution in [0.25, 0.3) is 0 Å². The van der Waals surface area contributed by atoms with Gasteiger partial charge in [0.05, 0.1) is 11.3 Å². The molecule has 20 heavy (non-hydrogen) atoms. The zero-order chi connectivity index (χ0) is 13.9. The quantitative estimate of drug-likeness (QED) is 0.868. The molecule has 1 aliphatic rings. The molecule has 3 N–H and O–H groups in total. The van der Waals surface area contributed by atoms with Crippen molar-refractivity contribution in [1.82, 2.24) is 4.98 Å². The number of nitrogens with one attached hydrogen (secondary N) is 1. The summed E-state index contributed by atoms with van der Waals surface area (Å²) in [5.41, 5.74) is 6.55. The van der Waals surface area contributed by atoms with Gasteiger partial charge in [-0.2, -0.15) is 0 Å². The molecule has 0 fully saturated rings. The number of para-hydroxylation sites is 1. The first-order chi connectivity index (χ1) is 9.75. The van der Waals surface area contributed by atoms with Gasteiger partial charge >= 0.3 is 0 Å². The molecule has 0 atom stereocenters. The average Bonchev–Trinajstić information content (AvgIpc) is 2.49. The lowest BCUT2D eigenvalue weighted by Gasteiger charge is -2.20. The van der Waals surface area contributed by atoms with Crippen molar-refractivity contribution in [2.45, 2.75) is 0 Å². The van der Waals surface area contributed by atoms with Gasteiger partial charge in [-0.05, 0) is 24.3 Å². The Hall–Kier alpha value is -2.76. The average molecular weight is 271 g/mol. The summed E-state index contributed by atoms with van der Waals surface area (Å²) < 4.78 is 10.9. The number of nitrogens with two attached hydrogens (primary N) is 1. The number of hydrogen-bond donors (Lipinski definition) is 2. The lowest BCUT2D eigenvalue weighted by Crippen LogP contribution is -2.20. The lowest BCUT2D eigenvalue weighted by atomic mass is 10.1. The van der Waals surface area contributed by atoms with Crippen LogP contribution < -0.4 is 20.5 Å². The number of hydrogen-bond acceptors (Lipinski definition) is 5. The minimum absolute atomic E-state index is 0.326. The molecule has 1 aromatic carbocycles. The molecular formula is C14H13N3O3. The molecule has 1 amide bonds. The second kappa shape index (κ2) is 5.08. The van der Waals surface area contributed by atoms with Gasteiger partial charge in [0.15, 0.2) is 17.3 Å². The fourth-order valence-corrected chi connectivity index (χ4v) is 1.95. The number of amides is 1. The highest BCUT2D eigenvalue weighted by Gasteiger charge is 2.20. The maximum Gasteiger partial charge on any atom is 0.260 e. The maximum absolute atomic E-state index is 12.3. The SMILES string of the molecule is Nc1cccnc1NC(=O)c1cccc2c1OCCO2. The van der Waals surface area contributed by atoms with Crippen LogP contribution in [0.1, 0.15) is 10.4 Å². The van der Waals surface area contributed by atoms with Gasteiger partial charge in [0.1, 0.15) is 13.2 Å². The number of ether oxygens (including phenoxy) is 2. The van der Waals surface area contributed by atoms with Crippen LogP contribution in [-0.4, -0.2) is 24.1 Å². The number of pyridine rings is 1. The molecular weight excluding hydrogens is 258 g/mol. The molecule has 3 rings (SSSR count). The van der Waals surface area contributed by atoms with Crippen LogP contribution in [0.3, 0.4) is 0 Å². The molecule has 0 unspecified atom stereocenters. The molecule has 2 aromatic rings. The number of carbonyl (C=O) groups is 1. The summed E-state index contributed by atoms with van der Waals surface area (Å²) in [7, 11) is 0. The van der Waals surface area contributed by atoms with E-state index in [1.807, 2.05) is 0 Å². The first-order valence-electron chi connectivity index (χ1n) is 6.16. The number of nitrogen functional groups attached to an aromatic ring is 1. The Morgan fingerprint density at radius 3 is 2.90 bits per heavy atom. The number of benzene rings is 1. The Morgan fingerprint density at radius 1 is 1.20 bits per heavy atom. The number of aromatic nitrogens is 1. The van der Waals surface area contributed by atoms with Gasteiger partial charge in [-0.3, -0.25) is 4.79 Å². The molecule has 0 bridgehead atoms. The third-order valence-corrected chi connectivity index (χ3v) is 2.88. The van der Waals surface area contributed by atoms with Gasteiger partial charge in [-0.25, -0.2) is 4.98 Å². The zero-order valence-electron chi connectivity index (χ0n) is 10.6. The second-order valence-electron chi connectivity index (χ2n) is 4.23. The standard InChI is InChI=1S/C14H13N3O3/c15-10-4-2-6-16-13(10)17-14(18)9-3-1-5-11-12(9)20-8-7-19-11/h1-6H,7-8,15H2,(H,16,17,18). The van der Waals surface area contributed by atoms with Crippen molar-refractivity contribution < 1.29 is 14.3 Å². The Balaban J connectivity index is 1.90. The fraction of sp³-hybridized carbons (Fsp3) is 0.143. The van der Waals surface area contributed by atoms with Gasteiger partial charge in [0, 0.05) is 6.20 Å². The van der Waals surface area contributed by atoms with Crippen LogP contribution >= 0.6 is 0 Å². The molecule has 1 aromatic heterocycles. The third kappa shape index (κ3) is 2.23. The monoisotopic (exact) mass is 271 g/mol. The van der Waals surface area contributed by atoms with E-state index in [0.29, 0.717) is 41.8 Å². The molecule has 1 aliphatic heterocycles. The van der Waals surface area contributed by atoms with Crippen LogP contribution in [0, 0.1) is 0 Å². The molecule has 6 nitrogen and oxygen atoms in total. The van der Waals surface area contributed by atoms with E-state index in [1.165, 1.54) is 0 Å². The summed E-state index contributed by atoms with van der Waals surface area (Å²) in [6, 6.07) is 8.54. The van der Waals surface area contributed by atoms with E-state index in [4.69, 9.17) is 15.2 Å². The highest BCUT2D eigenvalue weighted by atomic mass is 16.6. The van der Waals surface area contributed by atoms with E-state index in [2.05, 4.69) is 10.3 Å². The fourth-order valence-electron chi connectivity index (χ4n) is 1.95. The molecule has 0 radical (unpaired) electrons. The van der Waals surface area contributed by atoms with Crippen molar-refractivity contribution in [3.05, 3.63) is 42.1 Å². The Labute approximate surface area is 115 Å². The van der Waals surface area contributed by atoms with Crippen LogP contribution in [0.5, 0.6) is 11.5 Å². The number of carbonyl (C=O) groups excluding carboxylic acids is 1. The molecule has 0 saturated heterocycles. The number of rotatable bonds is 2. The van der Waals surface area contributed by atoms with Gasteiger partial charge in [0.25, 0.3) is 5.91 Å². The Bertz CT molecular complexity index is 658. The van der Waals surface area contributed by atoms with E-state index < -0.39 is 0 Å². The summed E-state index contributed by atoms with van der Waals surface area (Å²) >= 11 is 0. The smallest absolute Gasteiger partial charge is 0.260 e. The summed E-state index contributed by atoms with van der Waals surface area (Å²) in [5, 5.41) is 2.67. The second-order valence-corrected chi connectivity index (χ2v) is 4.23. The van der Waals surface area contributed by atoms with Crippen LogP contribution in [0.15, 0.2) is 36.5 Å². The van der Waals surface area contributed by atoms with Crippen molar-refractivity contribution in [2.75, 3.05) is 24.3 Å². The number of nitrogens with zero attached hydrogens (tertiary/aromatic N) is 1. The lowest BCUT2D eigenvalue weighted by molar-refractivity contribution is 0.101. The van der Waals surface area contributed by atoms with Crippen LogP contribution in [-0.2, 0) is 0 Å². The van der Waals surface area contributed by atoms with Gasteiger partial charge in [0.2, 0.25) is 0 Å². The Morgan fingerprint density at radius 2 is 2.05 bits per heavy atom. The molecule has 6 heteroatoms. The van der Waals surface area contributed by atoms with E-state index in [0.717, 1.165) is 0 Å². The molecule has 102 valence electrons. The first kappa shape index (κ1) is 12.3. The van der Waals surface area contributed by atoms with Crippen molar-refractivity contribution >= 4 is 17.4 Å². The minimum atomic E-state index is -0.335. The van der Waals surface area contributed by atoms with Crippen molar-refractivity contribution in [3.8, 4) is 11.5 Å². The summed E-state index contributed by atoms with van der Waals surface area (Å²) in [5.74, 6) is 1.01. The van der Waals surface area contributed by atoms with Gasteiger partial charge in [-0.1, -0.05) is 6.07 Å². The zero-order valence-corrected chi connectivity index (χ0v) is 10.6. The summed E-state index contributed by atoms with van der Waals surface area (Å²) in [6.07, 6.45) is 1.56. The van der Waals surface area contributed by atoms with Crippen molar-refractivity contribution in [2.24, 2.45) is 0 Å². The number of fused-ring (bicyclic) bond motifs is 1. The van der Waals surface area contributed by atoms with E-state index in [-0.39, 0.29) is 5.91 Å². The highest BCUT2D eigenvalue weighted by Crippen LogP contribution is 2.34. The van der Waals surface area contributed by atoms with Crippen molar-refractivity contribution in [1.29, 1.82) is 0 Å². The summed E-state index contributed by atoms with van der Waals surface area (Å²) in [6.45, 7) is 0.897.